The molecular formula is C18H29N3O3. The molecule has 6 heteroatoms. The van der Waals surface area contributed by atoms with E-state index in [4.69, 9.17) is 4.74 Å². The molecule has 1 aliphatic rings. The molecule has 0 unspecified atom stereocenters. The van der Waals surface area contributed by atoms with Crippen LogP contribution in [-0.4, -0.2) is 39.2 Å². The topological polar surface area (TPSA) is 64.4 Å². The van der Waals surface area contributed by atoms with Crippen molar-refractivity contribution in [2.24, 2.45) is 0 Å². The fraction of sp³-hybridized carbons (Fsp3) is 0.722. The summed E-state index contributed by atoms with van der Waals surface area (Å²) in [7, 11) is 0. The van der Waals surface area contributed by atoms with Gasteiger partial charge < -0.3 is 9.64 Å². The van der Waals surface area contributed by atoms with Gasteiger partial charge in [0.15, 0.2) is 0 Å². The highest BCUT2D eigenvalue weighted by molar-refractivity contribution is 5.68. The van der Waals surface area contributed by atoms with Gasteiger partial charge in [0.25, 0.3) is 5.56 Å². The minimum atomic E-state index is -0.513. The van der Waals surface area contributed by atoms with Crippen LogP contribution in [0.1, 0.15) is 58.2 Å². The lowest BCUT2D eigenvalue weighted by Crippen LogP contribution is -2.38. The number of hydrogen-bond donors (Lipinski definition) is 0. The first-order valence-electron chi connectivity index (χ1n) is 8.87. The largest absolute Gasteiger partial charge is 0.444 e. The summed E-state index contributed by atoms with van der Waals surface area (Å²) in [5, 5.41) is 0. The lowest BCUT2D eigenvalue weighted by molar-refractivity contribution is 0.0258. The highest BCUT2D eigenvalue weighted by Gasteiger charge is 2.25. The molecule has 0 aliphatic carbocycles. The van der Waals surface area contributed by atoms with Gasteiger partial charge in [0, 0.05) is 31.6 Å². The summed E-state index contributed by atoms with van der Waals surface area (Å²) in [5.41, 5.74) is 1.10. The monoisotopic (exact) mass is 335 g/mol. The Kier molecular flexibility index (Phi) is 6.02. The molecular weight excluding hydrogens is 306 g/mol. The number of carbonyl (C=O) groups excluding carboxylic acids is 1. The lowest BCUT2D eigenvalue weighted by Gasteiger charge is -2.26. The van der Waals surface area contributed by atoms with Gasteiger partial charge in [-0.1, -0.05) is 19.8 Å². The van der Waals surface area contributed by atoms with E-state index in [1.54, 1.807) is 15.8 Å². The predicted octanol–water partition coefficient (Wildman–Crippen LogP) is 2.77. The zero-order chi connectivity index (χ0) is 17.7. The molecule has 0 spiro atoms. The van der Waals surface area contributed by atoms with E-state index < -0.39 is 5.60 Å². The van der Waals surface area contributed by atoms with Gasteiger partial charge in [0.05, 0.1) is 12.0 Å². The molecule has 0 atom stereocenters. The fourth-order valence-corrected chi connectivity index (χ4v) is 2.83. The van der Waals surface area contributed by atoms with Crippen LogP contribution in [0.4, 0.5) is 4.79 Å². The summed E-state index contributed by atoms with van der Waals surface area (Å²) < 4.78 is 7.14. The Morgan fingerprint density at radius 2 is 1.96 bits per heavy atom. The standard InChI is InChI=1S/C18H29N3O3/c1-5-6-7-10-21-13-19-15-9-12-20(11-8-14(15)16(21)22)17(23)24-18(2,3)4/h13H,5-12H2,1-4H3. The molecule has 2 rings (SSSR count). The number of carbonyl (C=O) groups is 1. The summed E-state index contributed by atoms with van der Waals surface area (Å²) >= 11 is 0. The van der Waals surface area contributed by atoms with E-state index in [1.165, 1.54) is 0 Å². The van der Waals surface area contributed by atoms with Gasteiger partial charge in [-0.2, -0.15) is 0 Å². The van der Waals surface area contributed by atoms with Crippen LogP contribution in [0.15, 0.2) is 11.1 Å². The number of amides is 1. The Bertz CT molecular complexity index is 631. The zero-order valence-electron chi connectivity index (χ0n) is 15.3. The first-order valence-corrected chi connectivity index (χ1v) is 8.87. The van der Waals surface area contributed by atoms with Crippen LogP contribution in [-0.2, 0) is 24.1 Å². The summed E-state index contributed by atoms with van der Waals surface area (Å²) in [4.78, 5) is 31.0. The Morgan fingerprint density at radius 3 is 2.62 bits per heavy atom. The number of ether oxygens (including phenoxy) is 1. The van der Waals surface area contributed by atoms with Gasteiger partial charge in [0.2, 0.25) is 0 Å². The van der Waals surface area contributed by atoms with Crippen molar-refractivity contribution in [3.63, 3.8) is 0 Å². The first kappa shape index (κ1) is 18.5. The molecule has 24 heavy (non-hydrogen) atoms. The first-order chi connectivity index (χ1) is 11.3. The number of unbranched alkanes of at least 4 members (excludes halogenated alkanes) is 2. The molecule has 0 bridgehead atoms. The molecule has 1 aromatic rings. The van der Waals surface area contributed by atoms with Crippen LogP contribution in [0.3, 0.4) is 0 Å². The quantitative estimate of drug-likeness (QED) is 0.794. The van der Waals surface area contributed by atoms with Crippen molar-refractivity contribution in [1.82, 2.24) is 14.5 Å². The molecule has 0 N–H and O–H groups in total. The number of aryl methyl sites for hydroxylation is 1. The second-order valence-corrected chi connectivity index (χ2v) is 7.34. The highest BCUT2D eigenvalue weighted by Crippen LogP contribution is 2.14. The van der Waals surface area contributed by atoms with Gasteiger partial charge in [-0.3, -0.25) is 9.36 Å². The zero-order valence-corrected chi connectivity index (χ0v) is 15.3. The van der Waals surface area contributed by atoms with Crippen LogP contribution in [0.25, 0.3) is 0 Å². The van der Waals surface area contributed by atoms with Gasteiger partial charge in [-0.05, 0) is 33.6 Å². The molecule has 6 nitrogen and oxygen atoms in total. The van der Waals surface area contributed by atoms with Crippen LogP contribution in [0.5, 0.6) is 0 Å². The third-order valence-electron chi connectivity index (χ3n) is 4.12. The molecule has 1 aliphatic heterocycles. The van der Waals surface area contributed by atoms with Crippen molar-refractivity contribution in [2.75, 3.05) is 13.1 Å². The van der Waals surface area contributed by atoms with E-state index in [1.807, 2.05) is 20.8 Å². The molecule has 0 saturated heterocycles. The van der Waals surface area contributed by atoms with E-state index in [2.05, 4.69) is 11.9 Å². The van der Waals surface area contributed by atoms with Crippen molar-refractivity contribution in [3.05, 3.63) is 27.9 Å². The van der Waals surface area contributed by atoms with Crippen molar-refractivity contribution in [3.8, 4) is 0 Å². The number of rotatable bonds is 4. The minimum absolute atomic E-state index is 0.0436. The summed E-state index contributed by atoms with van der Waals surface area (Å²) in [6.45, 7) is 9.45. The second kappa shape index (κ2) is 7.81. The average molecular weight is 335 g/mol. The maximum atomic E-state index is 12.7. The van der Waals surface area contributed by atoms with Crippen LogP contribution >= 0.6 is 0 Å². The van der Waals surface area contributed by atoms with E-state index in [0.29, 0.717) is 32.5 Å². The molecule has 1 amide bonds. The summed E-state index contributed by atoms with van der Waals surface area (Å²) in [5.74, 6) is 0. The Balaban J connectivity index is 2.09. The maximum absolute atomic E-state index is 12.7. The van der Waals surface area contributed by atoms with E-state index >= 15 is 0 Å². The Labute approximate surface area is 143 Å². The second-order valence-electron chi connectivity index (χ2n) is 7.34. The van der Waals surface area contributed by atoms with Gasteiger partial charge >= 0.3 is 6.09 Å². The lowest BCUT2D eigenvalue weighted by atomic mass is 10.1. The predicted molar refractivity (Wildman–Crippen MR) is 93.2 cm³/mol. The smallest absolute Gasteiger partial charge is 0.410 e. The fourth-order valence-electron chi connectivity index (χ4n) is 2.83. The van der Waals surface area contributed by atoms with Crippen LogP contribution in [0.2, 0.25) is 0 Å². The summed E-state index contributed by atoms with van der Waals surface area (Å²) in [6.07, 6.45) is 5.68. The van der Waals surface area contributed by atoms with Gasteiger partial charge in [-0.25, -0.2) is 9.78 Å². The van der Waals surface area contributed by atoms with E-state index in [9.17, 15) is 9.59 Å². The van der Waals surface area contributed by atoms with Gasteiger partial charge in [0.1, 0.15) is 5.60 Å². The number of aromatic nitrogens is 2. The molecule has 2 heterocycles. The highest BCUT2D eigenvalue weighted by atomic mass is 16.6. The van der Waals surface area contributed by atoms with E-state index in [0.717, 1.165) is 30.5 Å². The third kappa shape index (κ3) is 4.82. The van der Waals surface area contributed by atoms with E-state index in [-0.39, 0.29) is 11.7 Å². The van der Waals surface area contributed by atoms with Crippen LogP contribution in [0, 0.1) is 0 Å². The molecule has 134 valence electrons. The average Bonchev–Trinajstić information content (AvgIpc) is 2.71. The van der Waals surface area contributed by atoms with Gasteiger partial charge in [-0.15, -0.1) is 0 Å². The van der Waals surface area contributed by atoms with Crippen molar-refractivity contribution < 1.29 is 9.53 Å². The molecule has 0 fully saturated rings. The number of hydrogen-bond acceptors (Lipinski definition) is 4. The van der Waals surface area contributed by atoms with Crippen molar-refractivity contribution in [2.45, 2.75) is 71.9 Å². The summed E-state index contributed by atoms with van der Waals surface area (Å²) in [6, 6.07) is 0. The van der Waals surface area contributed by atoms with Crippen molar-refractivity contribution in [1.29, 1.82) is 0 Å². The molecule has 0 aromatic carbocycles. The number of nitrogens with zero attached hydrogens (tertiary/aromatic N) is 3. The third-order valence-corrected chi connectivity index (χ3v) is 4.12. The molecule has 0 radical (unpaired) electrons. The number of fused-ring (bicyclic) bond motifs is 1. The Hall–Kier alpha value is -1.85. The minimum Gasteiger partial charge on any atom is -0.444 e. The Morgan fingerprint density at radius 1 is 1.25 bits per heavy atom. The molecule has 1 aromatic heterocycles. The maximum Gasteiger partial charge on any atom is 0.410 e. The van der Waals surface area contributed by atoms with Crippen molar-refractivity contribution >= 4 is 6.09 Å². The molecule has 0 saturated carbocycles. The normalized spacial score (nSPS) is 14.9. The van der Waals surface area contributed by atoms with Crippen LogP contribution < -0.4 is 5.56 Å². The SMILES string of the molecule is CCCCCn1cnc2c(c1=O)CCN(C(=O)OC(C)(C)C)CC2.